The fraction of sp³-hybridized carbons (Fsp3) is 0.207. The van der Waals surface area contributed by atoms with Gasteiger partial charge in [-0.3, -0.25) is 9.69 Å². The predicted molar refractivity (Wildman–Crippen MR) is 165 cm³/mol. The molecule has 3 aromatic carbocycles. The Morgan fingerprint density at radius 3 is 2.53 bits per heavy atom. The van der Waals surface area contributed by atoms with Gasteiger partial charge < -0.3 is 5.32 Å². The molecule has 14 heteroatoms. The molecule has 0 unspecified atom stereocenters. The number of urea groups is 1. The molecule has 1 aliphatic rings. The van der Waals surface area contributed by atoms with Crippen LogP contribution in [0.4, 0.5) is 29.3 Å². The first-order valence-corrected chi connectivity index (χ1v) is 15.1. The van der Waals surface area contributed by atoms with Crippen LogP contribution in [0, 0.1) is 6.92 Å². The Morgan fingerprint density at radius 1 is 1.12 bits per heavy atom. The molecule has 0 atom stereocenters. The minimum Gasteiger partial charge on any atom is -0.305 e. The van der Waals surface area contributed by atoms with Crippen LogP contribution in [0.2, 0.25) is 5.02 Å². The van der Waals surface area contributed by atoms with Crippen LogP contribution in [0.5, 0.6) is 0 Å². The maximum atomic E-state index is 12.9. The number of rotatable bonds is 6. The second kappa shape index (κ2) is 12.4. The quantitative estimate of drug-likeness (QED) is 0.212. The van der Waals surface area contributed by atoms with Gasteiger partial charge in [-0.25, -0.2) is 14.5 Å². The number of carbonyl (C=O) groups is 2. The third-order valence-electron chi connectivity index (χ3n) is 6.31. The van der Waals surface area contributed by atoms with Crippen molar-refractivity contribution in [2.75, 3.05) is 16.0 Å². The van der Waals surface area contributed by atoms with Crippen molar-refractivity contribution in [3.8, 4) is 17.1 Å². The Morgan fingerprint density at radius 2 is 1.86 bits per heavy atom. The lowest BCUT2D eigenvalue weighted by atomic mass is 9.99. The SMILES string of the molecule is Cc1ccc(C(C)C)c(N2C(=O)CSC2=NC(=O)Nc2ccc(-c3ncn(-c4ccc(SC(F)(F)F)cc4)n3)cc2Cl)c1. The summed E-state index contributed by atoms with van der Waals surface area (Å²) >= 11 is 7.46. The molecule has 0 spiro atoms. The van der Waals surface area contributed by atoms with Crippen LogP contribution in [0.15, 0.2) is 76.9 Å². The third kappa shape index (κ3) is 7.23. The first-order valence-electron chi connectivity index (χ1n) is 12.9. The van der Waals surface area contributed by atoms with Crippen molar-refractivity contribution in [3.05, 3.63) is 83.1 Å². The number of alkyl halides is 3. The number of benzene rings is 3. The van der Waals surface area contributed by atoms with Crippen molar-refractivity contribution < 1.29 is 22.8 Å². The average Bonchev–Trinajstić information content (AvgIpc) is 3.56. The number of aliphatic imine (C=N–C) groups is 1. The van der Waals surface area contributed by atoms with Crippen molar-refractivity contribution in [1.29, 1.82) is 0 Å². The summed E-state index contributed by atoms with van der Waals surface area (Å²) in [6.07, 6.45) is 1.44. The molecule has 8 nitrogen and oxygen atoms in total. The van der Waals surface area contributed by atoms with Gasteiger partial charge in [0.15, 0.2) is 11.0 Å². The summed E-state index contributed by atoms with van der Waals surface area (Å²) in [5.74, 6) is 0.493. The largest absolute Gasteiger partial charge is 0.446 e. The fourth-order valence-corrected chi connectivity index (χ4v) is 5.95. The van der Waals surface area contributed by atoms with Gasteiger partial charge in [0.1, 0.15) is 6.33 Å². The second-order valence-corrected chi connectivity index (χ2v) is 12.3. The highest BCUT2D eigenvalue weighted by atomic mass is 35.5. The van der Waals surface area contributed by atoms with E-state index >= 15 is 0 Å². The molecule has 1 aliphatic heterocycles. The molecular weight excluding hydrogens is 621 g/mol. The minimum absolute atomic E-state index is 0.0624. The first-order chi connectivity index (χ1) is 20.4. The summed E-state index contributed by atoms with van der Waals surface area (Å²) in [5, 5.41) is 7.55. The van der Waals surface area contributed by atoms with E-state index < -0.39 is 11.5 Å². The number of carbonyl (C=O) groups excluding carboxylic acids is 2. The maximum Gasteiger partial charge on any atom is 0.446 e. The summed E-state index contributed by atoms with van der Waals surface area (Å²) in [6, 6.07) is 15.8. The summed E-state index contributed by atoms with van der Waals surface area (Å²) < 4.78 is 39.2. The van der Waals surface area contributed by atoms with Crippen molar-refractivity contribution in [2.45, 2.75) is 37.1 Å². The first kappa shape index (κ1) is 30.6. The number of hydrogen-bond donors (Lipinski definition) is 1. The van der Waals surface area contributed by atoms with E-state index in [1.807, 2.05) is 39.0 Å². The van der Waals surface area contributed by atoms with Gasteiger partial charge in [0, 0.05) is 10.5 Å². The van der Waals surface area contributed by atoms with E-state index in [2.05, 4.69) is 20.4 Å². The zero-order valence-electron chi connectivity index (χ0n) is 23.0. The molecule has 1 saturated heterocycles. The number of hydrogen-bond acceptors (Lipinski definition) is 6. The zero-order chi connectivity index (χ0) is 30.9. The molecular formula is C29H24ClF3N6O2S2. The number of thioether (sulfide) groups is 2. The van der Waals surface area contributed by atoms with Crippen molar-refractivity contribution in [3.63, 3.8) is 0 Å². The topological polar surface area (TPSA) is 92.5 Å². The summed E-state index contributed by atoms with van der Waals surface area (Å²) in [4.78, 5) is 35.7. The number of halogens is 4. The Balaban J connectivity index is 1.31. The Hall–Kier alpha value is -3.81. The lowest BCUT2D eigenvalue weighted by Gasteiger charge is -2.22. The molecule has 1 aromatic heterocycles. The van der Waals surface area contributed by atoms with Crippen molar-refractivity contribution in [1.82, 2.24) is 14.8 Å². The fourth-order valence-electron chi connectivity index (χ4n) is 4.32. The molecule has 0 radical (unpaired) electrons. The molecule has 4 aromatic rings. The average molecular weight is 645 g/mol. The zero-order valence-corrected chi connectivity index (χ0v) is 25.4. The normalized spacial score (nSPS) is 14.7. The van der Waals surface area contributed by atoms with Crippen LogP contribution in [0.25, 0.3) is 17.1 Å². The van der Waals surface area contributed by atoms with Gasteiger partial charge in [0.25, 0.3) is 0 Å². The highest BCUT2D eigenvalue weighted by Gasteiger charge is 2.32. The van der Waals surface area contributed by atoms with Crippen LogP contribution in [-0.2, 0) is 4.79 Å². The third-order valence-corrected chi connectivity index (χ3v) is 8.28. The molecule has 5 rings (SSSR count). The number of nitrogens with zero attached hydrogens (tertiary/aromatic N) is 5. The van der Waals surface area contributed by atoms with E-state index in [1.54, 1.807) is 18.2 Å². The van der Waals surface area contributed by atoms with E-state index in [0.29, 0.717) is 28.5 Å². The minimum atomic E-state index is -4.37. The van der Waals surface area contributed by atoms with Crippen LogP contribution in [-0.4, -0.2) is 43.1 Å². The van der Waals surface area contributed by atoms with E-state index in [0.717, 1.165) is 11.1 Å². The number of amides is 3. The van der Waals surface area contributed by atoms with E-state index in [4.69, 9.17) is 11.6 Å². The van der Waals surface area contributed by atoms with Gasteiger partial charge in [-0.05, 0) is 84.3 Å². The highest BCUT2D eigenvalue weighted by molar-refractivity contribution is 8.15. The molecule has 0 aliphatic carbocycles. The smallest absolute Gasteiger partial charge is 0.305 e. The van der Waals surface area contributed by atoms with Crippen molar-refractivity contribution >= 4 is 63.6 Å². The molecule has 43 heavy (non-hydrogen) atoms. The number of anilines is 2. The lowest BCUT2D eigenvalue weighted by Crippen LogP contribution is -2.31. The van der Waals surface area contributed by atoms with Gasteiger partial charge >= 0.3 is 11.5 Å². The number of aryl methyl sites for hydroxylation is 1. The van der Waals surface area contributed by atoms with Crippen LogP contribution >= 0.6 is 35.1 Å². The molecule has 0 saturated carbocycles. The molecule has 2 heterocycles. The Labute approximate surface area is 258 Å². The monoisotopic (exact) mass is 644 g/mol. The molecule has 1 fully saturated rings. The van der Waals surface area contributed by atoms with Crippen LogP contribution < -0.4 is 10.2 Å². The summed E-state index contributed by atoms with van der Waals surface area (Å²) in [5.41, 5.74) is -0.311. The predicted octanol–water partition coefficient (Wildman–Crippen LogP) is 8.30. The Bertz CT molecular complexity index is 1720. The summed E-state index contributed by atoms with van der Waals surface area (Å²) in [7, 11) is 0. The van der Waals surface area contributed by atoms with Crippen LogP contribution in [0.1, 0.15) is 30.9 Å². The Kier molecular flexibility index (Phi) is 8.86. The van der Waals surface area contributed by atoms with Gasteiger partial charge in [-0.1, -0.05) is 49.3 Å². The molecule has 1 N–H and O–H groups in total. The molecule has 3 amide bonds. The summed E-state index contributed by atoms with van der Waals surface area (Å²) in [6.45, 7) is 6.01. The maximum absolute atomic E-state index is 12.9. The van der Waals surface area contributed by atoms with Crippen molar-refractivity contribution in [2.24, 2.45) is 4.99 Å². The van der Waals surface area contributed by atoms with Gasteiger partial charge in [0.05, 0.1) is 27.8 Å². The van der Waals surface area contributed by atoms with Crippen LogP contribution in [0.3, 0.4) is 0 Å². The molecule has 222 valence electrons. The van der Waals surface area contributed by atoms with E-state index in [-0.39, 0.29) is 44.4 Å². The second-order valence-electron chi connectivity index (χ2n) is 9.81. The highest BCUT2D eigenvalue weighted by Crippen LogP contribution is 2.37. The van der Waals surface area contributed by atoms with E-state index in [1.165, 1.54) is 51.9 Å². The van der Waals surface area contributed by atoms with Gasteiger partial charge in [0.2, 0.25) is 5.91 Å². The number of nitrogens with one attached hydrogen (secondary N) is 1. The lowest BCUT2D eigenvalue weighted by molar-refractivity contribution is -0.115. The van der Waals surface area contributed by atoms with Gasteiger partial charge in [-0.2, -0.15) is 18.2 Å². The van der Waals surface area contributed by atoms with Gasteiger partial charge in [-0.15, -0.1) is 5.10 Å². The number of aromatic nitrogens is 3. The number of amidine groups is 1. The van der Waals surface area contributed by atoms with E-state index in [9.17, 15) is 22.8 Å². The standard InChI is InChI=1S/C29H24ClF3N6O2S2/c1-16(2)21-10-4-17(3)12-24(21)39-25(40)14-42-28(39)36-27(41)35-23-11-5-18(13-22(23)30)26-34-15-38(37-26)19-6-8-20(9-7-19)43-29(31,32)33/h4-13,15-16H,14H2,1-3H3,(H,35,41). The molecule has 0 bridgehead atoms.